The van der Waals surface area contributed by atoms with E-state index in [1.54, 1.807) is 45.0 Å². The molecule has 3 heterocycles. The van der Waals surface area contributed by atoms with E-state index in [9.17, 15) is 19.5 Å². The summed E-state index contributed by atoms with van der Waals surface area (Å²) < 4.78 is 16.1. The molecule has 1 unspecified atom stereocenters. The van der Waals surface area contributed by atoms with Gasteiger partial charge in [0.2, 0.25) is 5.78 Å². The Morgan fingerprint density at radius 2 is 1.92 bits per heavy atom. The van der Waals surface area contributed by atoms with Crippen molar-refractivity contribution in [1.29, 1.82) is 0 Å². The van der Waals surface area contributed by atoms with Gasteiger partial charge >= 0.3 is 5.97 Å². The van der Waals surface area contributed by atoms with Gasteiger partial charge in [-0.25, -0.2) is 4.79 Å². The number of aromatic amines is 1. The number of nitrogens with zero attached hydrogens (tertiary/aromatic N) is 1. The van der Waals surface area contributed by atoms with Crippen LogP contribution in [0.25, 0.3) is 5.76 Å². The number of quaternary nitrogens is 1. The van der Waals surface area contributed by atoms with Gasteiger partial charge in [-0.3, -0.25) is 9.59 Å². The molecule has 2 fully saturated rings. The van der Waals surface area contributed by atoms with Crippen LogP contribution >= 0.6 is 0 Å². The predicted molar refractivity (Wildman–Crippen MR) is 137 cm³/mol. The van der Waals surface area contributed by atoms with Crippen LogP contribution in [0.2, 0.25) is 0 Å². The van der Waals surface area contributed by atoms with E-state index in [0.717, 1.165) is 19.6 Å². The number of morpholine rings is 1. The van der Waals surface area contributed by atoms with Crippen LogP contribution in [0.1, 0.15) is 52.3 Å². The number of methoxy groups -OCH3 is 1. The van der Waals surface area contributed by atoms with E-state index in [4.69, 9.17) is 14.2 Å². The second-order valence-corrected chi connectivity index (χ2v) is 9.53. The number of Topliss-reactive ketones (excluding diaryl/α,β-unsaturated/α-hetero) is 1. The number of nitrogens with one attached hydrogen (secondary N) is 2. The van der Waals surface area contributed by atoms with Gasteiger partial charge in [-0.2, -0.15) is 0 Å². The second kappa shape index (κ2) is 11.8. The maximum atomic E-state index is 14.0. The highest BCUT2D eigenvalue weighted by Gasteiger charge is 2.45. The van der Waals surface area contributed by atoms with E-state index < -0.39 is 29.5 Å². The van der Waals surface area contributed by atoms with Crippen LogP contribution in [-0.2, 0) is 19.1 Å². The molecule has 1 aromatic carbocycles. The molecule has 0 saturated carbocycles. The van der Waals surface area contributed by atoms with Gasteiger partial charge in [0.1, 0.15) is 24.5 Å². The van der Waals surface area contributed by atoms with Gasteiger partial charge in [0.15, 0.2) is 0 Å². The molecule has 10 heteroatoms. The van der Waals surface area contributed by atoms with Crippen molar-refractivity contribution in [3.8, 4) is 5.75 Å². The molecule has 10 nitrogen and oxygen atoms in total. The van der Waals surface area contributed by atoms with Crippen molar-refractivity contribution in [1.82, 2.24) is 9.88 Å². The molecule has 0 spiro atoms. The number of ketones is 1. The van der Waals surface area contributed by atoms with Gasteiger partial charge in [0.25, 0.3) is 5.91 Å². The van der Waals surface area contributed by atoms with Crippen LogP contribution in [0.15, 0.2) is 29.8 Å². The van der Waals surface area contributed by atoms with E-state index >= 15 is 0 Å². The van der Waals surface area contributed by atoms with Crippen molar-refractivity contribution in [2.24, 2.45) is 0 Å². The lowest BCUT2D eigenvalue weighted by Crippen LogP contribution is -3.14. The lowest BCUT2D eigenvalue weighted by molar-refractivity contribution is -0.908. The zero-order valence-corrected chi connectivity index (χ0v) is 22.3. The SMILES string of the molecule is CCOC(=O)c1[nH]c(C)c(/C([O-])=C2\C(=O)C(=O)N(CCC[NH+]3CCOCC3)C2c2ccccc2OC)c1C. The molecular formula is C28H35N3O7. The van der Waals surface area contributed by atoms with Crippen LogP contribution in [0.4, 0.5) is 0 Å². The Labute approximate surface area is 222 Å². The number of esters is 1. The molecule has 1 amide bonds. The van der Waals surface area contributed by atoms with E-state index in [1.165, 1.54) is 16.9 Å². The predicted octanol–water partition coefficient (Wildman–Crippen LogP) is 0.346. The Kier molecular flexibility index (Phi) is 8.53. The quantitative estimate of drug-likeness (QED) is 0.209. The molecule has 0 radical (unpaired) electrons. The average molecular weight is 526 g/mol. The van der Waals surface area contributed by atoms with Crippen molar-refractivity contribution in [2.75, 3.05) is 53.1 Å². The van der Waals surface area contributed by atoms with Crippen LogP contribution in [0.5, 0.6) is 5.75 Å². The van der Waals surface area contributed by atoms with E-state index in [1.807, 2.05) is 0 Å². The number of amides is 1. The molecule has 2 aromatic rings. The van der Waals surface area contributed by atoms with Crippen molar-refractivity contribution >= 4 is 23.4 Å². The highest BCUT2D eigenvalue weighted by Crippen LogP contribution is 2.43. The third-order valence-corrected chi connectivity index (χ3v) is 7.24. The van der Waals surface area contributed by atoms with Gasteiger partial charge < -0.3 is 34.1 Å². The summed E-state index contributed by atoms with van der Waals surface area (Å²) in [6, 6.07) is 6.18. The second-order valence-electron chi connectivity index (χ2n) is 9.53. The first-order valence-electron chi connectivity index (χ1n) is 13.0. The van der Waals surface area contributed by atoms with Gasteiger partial charge in [-0.15, -0.1) is 0 Å². The van der Waals surface area contributed by atoms with Gasteiger partial charge in [0.05, 0.1) is 39.5 Å². The average Bonchev–Trinajstić information content (AvgIpc) is 3.36. The molecule has 204 valence electrons. The van der Waals surface area contributed by atoms with Gasteiger partial charge in [-0.05, 0) is 38.0 Å². The number of carbonyl (C=O) groups is 3. The first-order chi connectivity index (χ1) is 18.3. The zero-order chi connectivity index (χ0) is 27.4. The largest absolute Gasteiger partial charge is 0.872 e. The van der Waals surface area contributed by atoms with E-state index in [0.29, 0.717) is 48.7 Å². The maximum absolute atomic E-state index is 14.0. The highest BCUT2D eigenvalue weighted by molar-refractivity contribution is 6.46. The Balaban J connectivity index is 1.77. The molecule has 4 rings (SSSR count). The maximum Gasteiger partial charge on any atom is 0.355 e. The number of H-pyrrole nitrogens is 1. The Morgan fingerprint density at radius 3 is 2.61 bits per heavy atom. The number of carbonyl (C=O) groups excluding carboxylic acids is 3. The Bertz CT molecular complexity index is 1240. The van der Waals surface area contributed by atoms with Crippen molar-refractivity contribution in [3.05, 3.63) is 57.9 Å². The molecule has 0 aliphatic carbocycles. The summed E-state index contributed by atoms with van der Waals surface area (Å²) in [5.74, 6) is -2.23. The lowest BCUT2D eigenvalue weighted by atomic mass is 9.93. The first kappa shape index (κ1) is 27.4. The monoisotopic (exact) mass is 525 g/mol. The van der Waals surface area contributed by atoms with Crippen molar-refractivity contribution in [3.63, 3.8) is 0 Å². The fraction of sp³-hybridized carbons (Fsp3) is 0.464. The summed E-state index contributed by atoms with van der Waals surface area (Å²) in [7, 11) is 1.51. The smallest absolute Gasteiger partial charge is 0.355 e. The molecule has 0 bridgehead atoms. The molecule has 1 aromatic heterocycles. The van der Waals surface area contributed by atoms with Crippen LogP contribution < -0.4 is 14.7 Å². The van der Waals surface area contributed by atoms with Crippen LogP contribution in [-0.4, -0.2) is 80.7 Å². The topological polar surface area (TPSA) is 125 Å². The van der Waals surface area contributed by atoms with E-state index in [2.05, 4.69) is 4.98 Å². The zero-order valence-electron chi connectivity index (χ0n) is 22.3. The van der Waals surface area contributed by atoms with Crippen LogP contribution in [0.3, 0.4) is 0 Å². The third kappa shape index (κ3) is 5.19. The summed E-state index contributed by atoms with van der Waals surface area (Å²) >= 11 is 0. The van der Waals surface area contributed by atoms with Crippen molar-refractivity contribution < 1.29 is 38.6 Å². The molecule has 2 aliphatic rings. The lowest BCUT2D eigenvalue weighted by Gasteiger charge is -2.29. The molecular weight excluding hydrogens is 490 g/mol. The van der Waals surface area contributed by atoms with Gasteiger partial charge in [-0.1, -0.05) is 24.0 Å². The fourth-order valence-corrected chi connectivity index (χ4v) is 5.36. The summed E-state index contributed by atoms with van der Waals surface area (Å²) in [6.07, 6.45) is 0.663. The van der Waals surface area contributed by atoms with Crippen molar-refractivity contribution in [2.45, 2.75) is 33.2 Å². The molecule has 2 saturated heterocycles. The number of aryl methyl sites for hydroxylation is 1. The minimum absolute atomic E-state index is 0.140. The molecule has 2 N–H and O–H groups in total. The number of hydrogen-bond acceptors (Lipinski definition) is 7. The van der Waals surface area contributed by atoms with Crippen LogP contribution in [0, 0.1) is 13.8 Å². The fourth-order valence-electron chi connectivity index (χ4n) is 5.36. The number of para-hydroxylation sites is 1. The number of benzene rings is 1. The Morgan fingerprint density at radius 1 is 1.21 bits per heavy atom. The number of aromatic nitrogens is 1. The Hall–Kier alpha value is -3.63. The summed E-state index contributed by atoms with van der Waals surface area (Å²) in [4.78, 5) is 45.0. The third-order valence-electron chi connectivity index (χ3n) is 7.24. The number of hydrogen-bond donors (Lipinski definition) is 2. The minimum atomic E-state index is -0.905. The standard InChI is InChI=1S/C28H35N3O7/c1-5-38-28(35)23-17(2)21(18(3)29-23)25(32)22-24(19-9-6-7-10-20(19)36-4)31(27(34)26(22)33)12-8-11-30-13-15-37-16-14-30/h6-7,9-10,24,29,32H,5,8,11-16H2,1-4H3/b25-22+. The van der Waals surface area contributed by atoms with E-state index in [-0.39, 0.29) is 23.4 Å². The molecule has 38 heavy (non-hydrogen) atoms. The number of ether oxygens (including phenoxy) is 3. The summed E-state index contributed by atoms with van der Waals surface area (Å²) in [5, 5.41) is 14.0. The normalized spacial score (nSPS) is 19.7. The highest BCUT2D eigenvalue weighted by atomic mass is 16.5. The first-order valence-corrected chi connectivity index (χ1v) is 13.0. The minimum Gasteiger partial charge on any atom is -0.872 e. The molecule has 1 atom stereocenters. The van der Waals surface area contributed by atoms with Gasteiger partial charge in [0, 0.05) is 29.8 Å². The number of rotatable bonds is 9. The summed E-state index contributed by atoms with van der Waals surface area (Å²) in [6.45, 7) is 9.50. The summed E-state index contributed by atoms with van der Waals surface area (Å²) in [5.41, 5.74) is 1.59. The molecule has 2 aliphatic heterocycles. The number of likely N-dealkylation sites (tertiary alicyclic amines) is 1.